The summed E-state index contributed by atoms with van der Waals surface area (Å²) in [6, 6.07) is 10.3. The molecule has 1 N–H and O–H groups in total. The molecule has 1 aromatic carbocycles. The first kappa shape index (κ1) is 17.2. The molecule has 1 amide bonds. The second kappa shape index (κ2) is 7.09. The third-order valence-corrected chi connectivity index (χ3v) is 4.44. The Bertz CT molecular complexity index is 715. The van der Waals surface area contributed by atoms with Gasteiger partial charge in [0, 0.05) is 38.1 Å². The third-order valence-electron chi connectivity index (χ3n) is 4.44. The van der Waals surface area contributed by atoms with Gasteiger partial charge in [-0.05, 0) is 29.2 Å². The van der Waals surface area contributed by atoms with Gasteiger partial charge in [-0.25, -0.2) is 4.98 Å². The van der Waals surface area contributed by atoms with Crippen molar-refractivity contribution in [2.45, 2.75) is 26.2 Å². The van der Waals surface area contributed by atoms with Crippen LogP contribution < -0.4 is 10.2 Å². The zero-order valence-electron chi connectivity index (χ0n) is 15.1. The van der Waals surface area contributed by atoms with Crippen LogP contribution in [0.15, 0.2) is 36.5 Å². The molecule has 0 unspecified atom stereocenters. The van der Waals surface area contributed by atoms with Crippen molar-refractivity contribution in [2.24, 2.45) is 0 Å². The van der Waals surface area contributed by atoms with E-state index in [4.69, 9.17) is 0 Å². The quantitative estimate of drug-likeness (QED) is 0.868. The van der Waals surface area contributed by atoms with Crippen LogP contribution in [0.1, 0.15) is 26.3 Å². The maximum Gasteiger partial charge on any atom is 0.229 e. The lowest BCUT2D eigenvalue weighted by molar-refractivity contribution is -0.118. The first-order chi connectivity index (χ1) is 12.0. The summed E-state index contributed by atoms with van der Waals surface area (Å²) in [5.74, 6) is 1.47. The van der Waals surface area contributed by atoms with E-state index in [1.165, 1.54) is 5.56 Å². The zero-order valence-corrected chi connectivity index (χ0v) is 15.1. The van der Waals surface area contributed by atoms with E-state index in [2.05, 4.69) is 65.2 Å². The molecule has 2 aromatic rings. The Morgan fingerprint density at radius 3 is 2.32 bits per heavy atom. The van der Waals surface area contributed by atoms with Gasteiger partial charge in [0.2, 0.25) is 12.4 Å². The van der Waals surface area contributed by atoms with Crippen LogP contribution in [0, 0.1) is 0 Å². The van der Waals surface area contributed by atoms with Gasteiger partial charge in [0.25, 0.3) is 0 Å². The highest BCUT2D eigenvalue weighted by Crippen LogP contribution is 2.24. The van der Waals surface area contributed by atoms with Crippen molar-refractivity contribution >= 4 is 23.9 Å². The second-order valence-electron chi connectivity index (χ2n) is 7.32. The minimum Gasteiger partial charge on any atom is -0.353 e. The molecule has 6 heteroatoms. The average Bonchev–Trinajstić information content (AvgIpc) is 2.62. The van der Waals surface area contributed by atoms with Crippen molar-refractivity contribution in [1.82, 2.24) is 14.9 Å². The molecule has 1 aliphatic rings. The van der Waals surface area contributed by atoms with Crippen LogP contribution in [0.2, 0.25) is 0 Å². The molecule has 1 fully saturated rings. The third kappa shape index (κ3) is 4.26. The summed E-state index contributed by atoms with van der Waals surface area (Å²) >= 11 is 0. The number of nitrogens with one attached hydrogen (secondary N) is 1. The lowest BCUT2D eigenvalue weighted by Gasteiger charge is -2.33. The van der Waals surface area contributed by atoms with Gasteiger partial charge in [-0.1, -0.05) is 32.9 Å². The van der Waals surface area contributed by atoms with Crippen LogP contribution in [0.3, 0.4) is 0 Å². The van der Waals surface area contributed by atoms with Crippen LogP contribution in [0.4, 0.5) is 17.5 Å². The average molecular weight is 339 g/mol. The van der Waals surface area contributed by atoms with Crippen molar-refractivity contribution < 1.29 is 4.79 Å². The fraction of sp³-hybridized carbons (Fsp3) is 0.421. The first-order valence-corrected chi connectivity index (χ1v) is 8.60. The fourth-order valence-corrected chi connectivity index (χ4v) is 2.82. The Labute approximate surface area is 148 Å². The van der Waals surface area contributed by atoms with Crippen LogP contribution in [0.25, 0.3) is 0 Å². The van der Waals surface area contributed by atoms with Crippen molar-refractivity contribution in [3.05, 3.63) is 42.1 Å². The summed E-state index contributed by atoms with van der Waals surface area (Å²) in [5.41, 5.74) is 2.40. The largest absolute Gasteiger partial charge is 0.353 e. The van der Waals surface area contributed by atoms with Gasteiger partial charge in [-0.3, -0.25) is 4.79 Å². The Morgan fingerprint density at radius 2 is 1.72 bits per heavy atom. The number of nitrogens with zero attached hydrogens (tertiary/aromatic N) is 4. The molecule has 25 heavy (non-hydrogen) atoms. The predicted octanol–water partition coefficient (Wildman–Crippen LogP) is 2.80. The Balaban J connectivity index is 1.69. The minimum atomic E-state index is 0.138. The number of carbonyl (C=O) groups is 1. The molecule has 0 radical (unpaired) electrons. The fourth-order valence-electron chi connectivity index (χ4n) is 2.82. The number of piperazine rings is 1. The second-order valence-corrected chi connectivity index (χ2v) is 7.32. The molecule has 1 aliphatic heterocycles. The molecule has 3 rings (SSSR count). The lowest BCUT2D eigenvalue weighted by Crippen LogP contribution is -2.46. The van der Waals surface area contributed by atoms with Gasteiger partial charge in [0.1, 0.15) is 5.82 Å². The van der Waals surface area contributed by atoms with Crippen molar-refractivity contribution in [3.8, 4) is 0 Å². The first-order valence-electron chi connectivity index (χ1n) is 8.60. The van der Waals surface area contributed by atoms with E-state index in [0.29, 0.717) is 5.95 Å². The molecule has 1 saturated heterocycles. The number of amides is 1. The molecule has 0 spiro atoms. The zero-order chi connectivity index (χ0) is 17.9. The topological polar surface area (TPSA) is 61.4 Å². The maximum absolute atomic E-state index is 10.8. The molecule has 1 aromatic heterocycles. The Kier molecular flexibility index (Phi) is 4.88. The van der Waals surface area contributed by atoms with Gasteiger partial charge >= 0.3 is 0 Å². The smallest absolute Gasteiger partial charge is 0.229 e. The molecular weight excluding hydrogens is 314 g/mol. The number of aromatic nitrogens is 2. The van der Waals surface area contributed by atoms with E-state index >= 15 is 0 Å². The summed E-state index contributed by atoms with van der Waals surface area (Å²) in [6.07, 6.45) is 2.67. The van der Waals surface area contributed by atoms with Crippen molar-refractivity contribution in [1.29, 1.82) is 0 Å². The van der Waals surface area contributed by atoms with E-state index in [-0.39, 0.29) is 5.41 Å². The van der Waals surface area contributed by atoms with E-state index in [1.807, 2.05) is 6.07 Å². The van der Waals surface area contributed by atoms with E-state index in [1.54, 1.807) is 11.1 Å². The van der Waals surface area contributed by atoms with Gasteiger partial charge < -0.3 is 15.1 Å². The van der Waals surface area contributed by atoms with E-state index in [9.17, 15) is 4.79 Å². The molecule has 2 heterocycles. The highest BCUT2D eigenvalue weighted by atomic mass is 16.1. The summed E-state index contributed by atoms with van der Waals surface area (Å²) in [6.45, 7) is 9.63. The monoisotopic (exact) mass is 339 g/mol. The molecular formula is C19H25N5O. The van der Waals surface area contributed by atoms with Gasteiger partial charge in [-0.2, -0.15) is 4.98 Å². The van der Waals surface area contributed by atoms with Crippen molar-refractivity contribution in [3.63, 3.8) is 0 Å². The van der Waals surface area contributed by atoms with Crippen LogP contribution in [-0.2, 0) is 10.2 Å². The molecule has 0 atom stereocenters. The number of hydrogen-bond donors (Lipinski definition) is 1. The maximum atomic E-state index is 10.8. The lowest BCUT2D eigenvalue weighted by atomic mass is 9.87. The standard InChI is InChI=1S/C19H25N5O/c1-19(2,3)15-4-6-16(7-5-15)21-18-20-9-8-17(22-18)24-12-10-23(14-25)11-13-24/h4-9,14H,10-13H2,1-3H3,(H,20,21,22). The molecule has 0 aliphatic carbocycles. The minimum absolute atomic E-state index is 0.138. The molecule has 0 bridgehead atoms. The SMILES string of the molecule is CC(C)(C)c1ccc(Nc2nccc(N3CCN(C=O)CC3)n2)cc1. The molecule has 6 nitrogen and oxygen atoms in total. The number of hydrogen-bond acceptors (Lipinski definition) is 5. The summed E-state index contributed by atoms with van der Waals surface area (Å²) < 4.78 is 0. The molecule has 0 saturated carbocycles. The number of benzene rings is 1. The number of anilines is 3. The van der Waals surface area contributed by atoms with Gasteiger partial charge in [-0.15, -0.1) is 0 Å². The van der Waals surface area contributed by atoms with Gasteiger partial charge in [0.05, 0.1) is 0 Å². The normalized spacial score (nSPS) is 15.2. The summed E-state index contributed by atoms with van der Waals surface area (Å²) in [4.78, 5) is 23.7. The van der Waals surface area contributed by atoms with Crippen LogP contribution in [-0.4, -0.2) is 47.5 Å². The Morgan fingerprint density at radius 1 is 1.04 bits per heavy atom. The van der Waals surface area contributed by atoms with E-state index < -0.39 is 0 Å². The highest BCUT2D eigenvalue weighted by Gasteiger charge is 2.17. The van der Waals surface area contributed by atoms with E-state index in [0.717, 1.165) is 44.1 Å². The number of rotatable bonds is 4. The predicted molar refractivity (Wildman–Crippen MR) is 100 cm³/mol. The summed E-state index contributed by atoms with van der Waals surface area (Å²) in [5, 5.41) is 3.27. The van der Waals surface area contributed by atoms with Gasteiger partial charge in [0.15, 0.2) is 0 Å². The van der Waals surface area contributed by atoms with Crippen LogP contribution >= 0.6 is 0 Å². The number of carbonyl (C=O) groups excluding carboxylic acids is 1. The van der Waals surface area contributed by atoms with Crippen molar-refractivity contribution in [2.75, 3.05) is 36.4 Å². The summed E-state index contributed by atoms with van der Waals surface area (Å²) in [7, 11) is 0. The highest BCUT2D eigenvalue weighted by molar-refractivity contribution is 5.56. The van der Waals surface area contributed by atoms with Crippen LogP contribution in [0.5, 0.6) is 0 Å². The molecule has 132 valence electrons. The Hall–Kier alpha value is -2.63.